The van der Waals surface area contributed by atoms with Gasteiger partial charge in [0.25, 0.3) is 0 Å². The van der Waals surface area contributed by atoms with Gasteiger partial charge in [0, 0.05) is 6.08 Å². The first-order valence-electron chi connectivity index (χ1n) is 1.92. The summed E-state index contributed by atoms with van der Waals surface area (Å²) in [6.45, 7) is 0. The molecule has 0 radical (unpaired) electrons. The summed E-state index contributed by atoms with van der Waals surface area (Å²) in [5.41, 5.74) is 0. The van der Waals surface area contributed by atoms with E-state index >= 15 is 0 Å². The van der Waals surface area contributed by atoms with Crippen LogP contribution in [0.5, 0.6) is 0 Å². The van der Waals surface area contributed by atoms with Crippen LogP contribution in [0, 0.1) is 0 Å². The van der Waals surface area contributed by atoms with Crippen molar-refractivity contribution < 1.29 is 13.2 Å². The Morgan fingerprint density at radius 2 is 2.12 bits per heavy atom. The van der Waals surface area contributed by atoms with E-state index in [0.717, 1.165) is 0 Å². The largest absolute Gasteiger partial charge is 0.365 e. The Morgan fingerprint density at radius 1 is 1.50 bits per heavy atom. The SMILES string of the molecule is FC1=NC(F)(F)C=C1. The molecule has 1 nitrogen and oxygen atoms in total. The van der Waals surface area contributed by atoms with Gasteiger partial charge in [-0.2, -0.15) is 18.2 Å². The van der Waals surface area contributed by atoms with E-state index in [9.17, 15) is 13.2 Å². The summed E-state index contributed by atoms with van der Waals surface area (Å²) in [5, 5.41) is 0. The maximum Gasteiger partial charge on any atom is 0.365 e. The third-order valence-electron chi connectivity index (χ3n) is 0.677. The smallest absolute Gasteiger partial charge is 0.185 e. The Hall–Kier alpha value is -0.800. The van der Waals surface area contributed by atoms with E-state index in [0.29, 0.717) is 12.2 Å². The summed E-state index contributed by atoms with van der Waals surface area (Å²) in [7, 11) is 0. The standard InChI is InChI=1S/C4H2F3N/c5-3-1-2-4(6,7)8-3/h1-2H. The van der Waals surface area contributed by atoms with Crippen LogP contribution < -0.4 is 0 Å². The molecular formula is C4H2F3N. The molecule has 0 aromatic heterocycles. The second kappa shape index (κ2) is 1.34. The van der Waals surface area contributed by atoms with E-state index in [1.54, 1.807) is 0 Å². The molecule has 0 amide bonds. The summed E-state index contributed by atoms with van der Waals surface area (Å²) in [4.78, 5) is 2.33. The van der Waals surface area contributed by atoms with Crippen LogP contribution in [0.15, 0.2) is 17.1 Å². The van der Waals surface area contributed by atoms with E-state index in [-0.39, 0.29) is 0 Å². The van der Waals surface area contributed by atoms with Crippen molar-refractivity contribution in [2.24, 2.45) is 4.99 Å². The number of aliphatic imine (C=N–C) groups is 1. The van der Waals surface area contributed by atoms with Crippen LogP contribution in [0.4, 0.5) is 13.2 Å². The molecule has 1 rings (SSSR count). The van der Waals surface area contributed by atoms with Crippen molar-refractivity contribution in [1.82, 2.24) is 0 Å². The topological polar surface area (TPSA) is 12.4 Å². The van der Waals surface area contributed by atoms with Crippen LogP contribution in [-0.4, -0.2) is 12.0 Å². The molecule has 0 aliphatic carbocycles. The van der Waals surface area contributed by atoms with Crippen molar-refractivity contribution in [2.75, 3.05) is 0 Å². The predicted octanol–water partition coefficient (Wildman–Crippen LogP) is 1.52. The average Bonchev–Trinajstić information content (AvgIpc) is 1.82. The first-order valence-corrected chi connectivity index (χ1v) is 1.92. The summed E-state index contributed by atoms with van der Waals surface area (Å²) in [5.74, 6) is -1.12. The highest BCUT2D eigenvalue weighted by Crippen LogP contribution is 2.22. The molecule has 0 saturated carbocycles. The first-order chi connectivity index (χ1) is 3.60. The number of hydrogen-bond acceptors (Lipinski definition) is 1. The van der Waals surface area contributed by atoms with Gasteiger partial charge in [0.1, 0.15) is 0 Å². The van der Waals surface area contributed by atoms with Crippen molar-refractivity contribution in [1.29, 1.82) is 0 Å². The minimum Gasteiger partial charge on any atom is -0.185 e. The van der Waals surface area contributed by atoms with Crippen LogP contribution in [-0.2, 0) is 0 Å². The Balaban J connectivity index is 2.84. The van der Waals surface area contributed by atoms with E-state index in [1.807, 2.05) is 0 Å². The second-order valence-electron chi connectivity index (χ2n) is 1.36. The molecule has 1 heterocycles. The average molecular weight is 121 g/mol. The van der Waals surface area contributed by atoms with E-state index in [4.69, 9.17) is 0 Å². The third-order valence-corrected chi connectivity index (χ3v) is 0.677. The normalized spacial score (nSPS) is 23.6. The van der Waals surface area contributed by atoms with Gasteiger partial charge >= 0.3 is 6.05 Å². The van der Waals surface area contributed by atoms with Crippen LogP contribution >= 0.6 is 0 Å². The summed E-state index contributed by atoms with van der Waals surface area (Å²) in [6.07, 6.45) is 1.04. The summed E-state index contributed by atoms with van der Waals surface area (Å²) < 4.78 is 35.0. The molecular weight excluding hydrogens is 119 g/mol. The summed E-state index contributed by atoms with van der Waals surface area (Å²) in [6, 6.07) is -3.30. The Kier molecular flexibility index (Phi) is 0.892. The molecule has 44 valence electrons. The zero-order valence-corrected chi connectivity index (χ0v) is 3.74. The molecule has 0 aromatic rings. The molecule has 0 aromatic carbocycles. The molecule has 1 aliphatic rings. The number of halogens is 3. The lowest BCUT2D eigenvalue weighted by atomic mass is 10.5. The maximum absolute atomic E-state index is 11.7. The lowest BCUT2D eigenvalue weighted by Gasteiger charge is -1.95. The van der Waals surface area contributed by atoms with Crippen molar-refractivity contribution in [2.45, 2.75) is 6.05 Å². The van der Waals surface area contributed by atoms with Crippen LogP contribution in [0.2, 0.25) is 0 Å². The Labute approximate surface area is 43.5 Å². The van der Waals surface area contributed by atoms with Gasteiger partial charge in [0.05, 0.1) is 0 Å². The minimum atomic E-state index is -3.30. The van der Waals surface area contributed by atoms with Crippen molar-refractivity contribution >= 4 is 5.97 Å². The quantitative estimate of drug-likeness (QED) is 0.431. The molecule has 1 aliphatic heterocycles. The van der Waals surface area contributed by atoms with Crippen LogP contribution in [0.1, 0.15) is 0 Å². The van der Waals surface area contributed by atoms with Gasteiger partial charge in [-0.25, -0.2) is 0 Å². The number of alkyl halides is 2. The fraction of sp³-hybridized carbons (Fsp3) is 0.250. The molecule has 0 saturated heterocycles. The van der Waals surface area contributed by atoms with Gasteiger partial charge < -0.3 is 0 Å². The van der Waals surface area contributed by atoms with Crippen LogP contribution in [0.25, 0.3) is 0 Å². The van der Waals surface area contributed by atoms with E-state index in [1.165, 1.54) is 0 Å². The number of rotatable bonds is 0. The predicted molar refractivity (Wildman–Crippen MR) is 22.6 cm³/mol. The lowest BCUT2D eigenvalue weighted by Crippen LogP contribution is -2.03. The van der Waals surface area contributed by atoms with Gasteiger partial charge in [-0.3, -0.25) is 0 Å². The molecule has 0 bridgehead atoms. The zero-order valence-electron chi connectivity index (χ0n) is 3.74. The van der Waals surface area contributed by atoms with Crippen molar-refractivity contribution in [3.63, 3.8) is 0 Å². The fourth-order valence-electron chi connectivity index (χ4n) is 0.386. The van der Waals surface area contributed by atoms with Gasteiger partial charge in [-0.15, -0.1) is 0 Å². The summed E-state index contributed by atoms with van der Waals surface area (Å²) >= 11 is 0. The van der Waals surface area contributed by atoms with E-state index < -0.39 is 12.0 Å². The molecule has 0 fully saturated rings. The minimum absolute atomic E-state index is 0.405. The highest BCUT2D eigenvalue weighted by Gasteiger charge is 2.28. The monoisotopic (exact) mass is 121 g/mol. The maximum atomic E-state index is 11.7. The van der Waals surface area contributed by atoms with Gasteiger partial charge in [0.15, 0.2) is 0 Å². The third kappa shape index (κ3) is 0.882. The van der Waals surface area contributed by atoms with E-state index in [2.05, 4.69) is 4.99 Å². The molecule has 0 spiro atoms. The number of hydrogen-bond donors (Lipinski definition) is 0. The van der Waals surface area contributed by atoms with Crippen molar-refractivity contribution in [3.05, 3.63) is 12.2 Å². The van der Waals surface area contributed by atoms with Gasteiger partial charge in [-0.1, -0.05) is 0 Å². The van der Waals surface area contributed by atoms with Gasteiger partial charge in [0.2, 0.25) is 5.97 Å². The molecule has 4 heteroatoms. The highest BCUT2D eigenvalue weighted by atomic mass is 19.3. The van der Waals surface area contributed by atoms with Crippen molar-refractivity contribution in [3.8, 4) is 0 Å². The lowest BCUT2D eigenvalue weighted by molar-refractivity contribution is 0.0686. The Morgan fingerprint density at radius 3 is 2.25 bits per heavy atom. The number of nitrogens with zero attached hydrogens (tertiary/aromatic N) is 1. The Bertz CT molecular complexity index is 159. The van der Waals surface area contributed by atoms with Gasteiger partial charge in [-0.05, 0) is 6.08 Å². The second-order valence-corrected chi connectivity index (χ2v) is 1.36. The molecule has 8 heavy (non-hydrogen) atoms. The molecule has 0 unspecified atom stereocenters. The highest BCUT2D eigenvalue weighted by molar-refractivity contribution is 5.88. The zero-order chi connectivity index (χ0) is 6.20. The fourth-order valence-corrected chi connectivity index (χ4v) is 0.386. The first kappa shape index (κ1) is 5.34. The molecule has 0 atom stereocenters. The molecule has 0 N–H and O–H groups in total. The van der Waals surface area contributed by atoms with Crippen LogP contribution in [0.3, 0.4) is 0 Å². The number of allylic oxidation sites excluding steroid dienone is 1.